The quantitative estimate of drug-likeness (QED) is 0.841. The number of hydrogen-bond acceptors (Lipinski definition) is 2. The molecule has 0 aliphatic heterocycles. The molecule has 2 aromatic carbocycles. The average Bonchev–Trinajstić information content (AvgIpc) is 2.38. The van der Waals surface area contributed by atoms with Crippen LogP contribution in [0.1, 0.15) is 21.5 Å². The van der Waals surface area contributed by atoms with Crippen LogP contribution in [0.25, 0.3) is 0 Å². The van der Waals surface area contributed by atoms with Gasteiger partial charge in [-0.1, -0.05) is 12.1 Å². The Hall–Kier alpha value is -2.36. The summed E-state index contributed by atoms with van der Waals surface area (Å²) in [7, 11) is 0. The number of halogens is 1. The molecule has 2 aromatic rings. The van der Waals surface area contributed by atoms with Crippen LogP contribution in [0, 0.1) is 12.7 Å². The summed E-state index contributed by atoms with van der Waals surface area (Å²) in [6.07, 6.45) is 0.595. The van der Waals surface area contributed by atoms with Crippen LogP contribution in [0.4, 0.5) is 10.1 Å². The molecule has 0 bridgehead atoms. The molecule has 0 saturated heterocycles. The highest BCUT2D eigenvalue weighted by Crippen LogP contribution is 2.12. The molecule has 20 heavy (non-hydrogen) atoms. The molecule has 0 aliphatic carbocycles. The summed E-state index contributed by atoms with van der Waals surface area (Å²) in [6.45, 7) is 2.31. The molecule has 2 rings (SSSR count). The first-order valence-corrected chi connectivity index (χ1v) is 6.45. The van der Waals surface area contributed by atoms with Gasteiger partial charge in [0.1, 0.15) is 5.82 Å². The fraction of sp³-hybridized carbons (Fsp3) is 0.188. The van der Waals surface area contributed by atoms with Crippen LogP contribution in [0.15, 0.2) is 42.5 Å². The van der Waals surface area contributed by atoms with Crippen LogP contribution in [0.2, 0.25) is 0 Å². The molecule has 0 saturated carbocycles. The summed E-state index contributed by atoms with van der Waals surface area (Å²) in [4.78, 5) is 12.0. The predicted molar refractivity (Wildman–Crippen MR) is 78.0 cm³/mol. The van der Waals surface area contributed by atoms with Crippen molar-refractivity contribution in [3.63, 3.8) is 0 Å². The van der Waals surface area contributed by atoms with Crippen LogP contribution >= 0.6 is 0 Å². The molecule has 3 nitrogen and oxygen atoms in total. The highest BCUT2D eigenvalue weighted by Gasteiger charge is 2.08. The Morgan fingerprint density at radius 2 is 2.05 bits per heavy atom. The number of nitrogen functional groups attached to an aromatic ring is 1. The summed E-state index contributed by atoms with van der Waals surface area (Å²) in [5, 5.41) is 2.82. The number of rotatable bonds is 4. The van der Waals surface area contributed by atoms with E-state index in [0.717, 1.165) is 11.1 Å². The van der Waals surface area contributed by atoms with E-state index in [4.69, 9.17) is 5.73 Å². The minimum Gasteiger partial charge on any atom is -0.399 e. The molecule has 3 N–H and O–H groups in total. The van der Waals surface area contributed by atoms with Crippen molar-refractivity contribution < 1.29 is 9.18 Å². The largest absolute Gasteiger partial charge is 0.399 e. The zero-order valence-corrected chi connectivity index (χ0v) is 11.3. The Labute approximate surface area is 117 Å². The zero-order valence-electron chi connectivity index (χ0n) is 11.3. The molecule has 0 radical (unpaired) electrons. The fourth-order valence-electron chi connectivity index (χ4n) is 2.05. The Morgan fingerprint density at radius 1 is 1.25 bits per heavy atom. The fourth-order valence-corrected chi connectivity index (χ4v) is 2.05. The Bertz CT molecular complexity index is 626. The number of hydrogen-bond donors (Lipinski definition) is 2. The summed E-state index contributed by atoms with van der Waals surface area (Å²) in [6, 6.07) is 11.6. The van der Waals surface area contributed by atoms with Crippen molar-refractivity contribution in [1.82, 2.24) is 5.32 Å². The van der Waals surface area contributed by atoms with Gasteiger partial charge in [-0.15, -0.1) is 0 Å². The summed E-state index contributed by atoms with van der Waals surface area (Å²) in [5.41, 5.74) is 8.60. The smallest absolute Gasteiger partial charge is 0.251 e. The highest BCUT2D eigenvalue weighted by molar-refractivity contribution is 5.95. The van der Waals surface area contributed by atoms with Crippen molar-refractivity contribution in [2.75, 3.05) is 12.3 Å². The van der Waals surface area contributed by atoms with Crippen molar-refractivity contribution in [2.24, 2.45) is 0 Å². The molecule has 104 valence electrons. The molecule has 0 spiro atoms. The first kappa shape index (κ1) is 14.1. The van der Waals surface area contributed by atoms with Gasteiger partial charge in [0.05, 0.1) is 0 Å². The van der Waals surface area contributed by atoms with E-state index in [0.29, 0.717) is 24.2 Å². The van der Waals surface area contributed by atoms with E-state index in [1.807, 2.05) is 13.0 Å². The normalized spacial score (nSPS) is 10.3. The lowest BCUT2D eigenvalue weighted by Crippen LogP contribution is -2.26. The van der Waals surface area contributed by atoms with Gasteiger partial charge in [0.25, 0.3) is 5.91 Å². The number of nitrogens with two attached hydrogens (primary N) is 1. The molecule has 0 aromatic heterocycles. The van der Waals surface area contributed by atoms with E-state index < -0.39 is 0 Å². The molecule has 0 heterocycles. The highest BCUT2D eigenvalue weighted by atomic mass is 19.1. The van der Waals surface area contributed by atoms with E-state index in [1.54, 1.807) is 24.3 Å². The van der Waals surface area contributed by atoms with Gasteiger partial charge in [-0.2, -0.15) is 0 Å². The monoisotopic (exact) mass is 272 g/mol. The van der Waals surface area contributed by atoms with Crippen LogP contribution < -0.4 is 11.1 Å². The second kappa shape index (κ2) is 6.19. The number of benzene rings is 2. The van der Waals surface area contributed by atoms with Gasteiger partial charge in [-0.25, -0.2) is 4.39 Å². The average molecular weight is 272 g/mol. The Morgan fingerprint density at radius 3 is 2.75 bits per heavy atom. The van der Waals surface area contributed by atoms with Crippen molar-refractivity contribution in [1.29, 1.82) is 0 Å². The van der Waals surface area contributed by atoms with Crippen molar-refractivity contribution in [3.8, 4) is 0 Å². The molecule has 1 amide bonds. The van der Waals surface area contributed by atoms with Gasteiger partial charge in [0, 0.05) is 17.8 Å². The molecular formula is C16H17FN2O. The van der Waals surface area contributed by atoms with E-state index in [-0.39, 0.29) is 11.7 Å². The summed E-state index contributed by atoms with van der Waals surface area (Å²) < 4.78 is 13.0. The minimum atomic E-state index is -0.261. The van der Waals surface area contributed by atoms with Gasteiger partial charge in [0.2, 0.25) is 0 Å². The molecular weight excluding hydrogens is 255 g/mol. The van der Waals surface area contributed by atoms with Crippen molar-refractivity contribution in [2.45, 2.75) is 13.3 Å². The first-order chi connectivity index (χ1) is 9.56. The standard InChI is InChI=1S/C16H17FN2O/c1-11-9-14(18)5-6-15(11)16(20)19-8-7-12-3-2-4-13(17)10-12/h2-6,9-10H,7-8,18H2,1H3,(H,19,20). The van der Waals surface area contributed by atoms with E-state index in [9.17, 15) is 9.18 Å². The third-order valence-corrected chi connectivity index (χ3v) is 3.08. The molecule has 0 aliphatic rings. The molecule has 0 unspecified atom stereocenters. The van der Waals surface area contributed by atoms with Crippen molar-refractivity contribution >= 4 is 11.6 Å². The van der Waals surface area contributed by atoms with E-state index in [2.05, 4.69) is 5.32 Å². The third kappa shape index (κ3) is 3.57. The van der Waals surface area contributed by atoms with Crippen LogP contribution in [0.5, 0.6) is 0 Å². The van der Waals surface area contributed by atoms with Gasteiger partial charge in [-0.05, 0) is 54.8 Å². The number of aryl methyl sites for hydroxylation is 1. The molecule has 4 heteroatoms. The van der Waals surface area contributed by atoms with Gasteiger partial charge in [0.15, 0.2) is 0 Å². The second-order valence-corrected chi connectivity index (χ2v) is 4.71. The lowest BCUT2D eigenvalue weighted by molar-refractivity contribution is 0.0953. The van der Waals surface area contributed by atoms with Gasteiger partial charge < -0.3 is 11.1 Å². The Balaban J connectivity index is 1.92. The molecule has 0 fully saturated rings. The number of carbonyl (C=O) groups excluding carboxylic acids is 1. The SMILES string of the molecule is Cc1cc(N)ccc1C(=O)NCCc1cccc(F)c1. The number of anilines is 1. The van der Waals surface area contributed by atoms with Gasteiger partial charge in [-0.3, -0.25) is 4.79 Å². The third-order valence-electron chi connectivity index (χ3n) is 3.08. The molecule has 0 atom stereocenters. The lowest BCUT2D eigenvalue weighted by Gasteiger charge is -2.08. The number of nitrogens with one attached hydrogen (secondary N) is 1. The number of carbonyl (C=O) groups is 1. The topological polar surface area (TPSA) is 55.1 Å². The van der Waals surface area contributed by atoms with E-state index >= 15 is 0 Å². The maximum absolute atomic E-state index is 13.0. The van der Waals surface area contributed by atoms with Gasteiger partial charge >= 0.3 is 0 Å². The van der Waals surface area contributed by atoms with Crippen molar-refractivity contribution in [3.05, 3.63) is 65.0 Å². The minimum absolute atomic E-state index is 0.140. The Kier molecular flexibility index (Phi) is 4.35. The lowest BCUT2D eigenvalue weighted by atomic mass is 10.1. The summed E-state index contributed by atoms with van der Waals surface area (Å²) >= 11 is 0. The van der Waals surface area contributed by atoms with Crippen LogP contribution in [-0.4, -0.2) is 12.5 Å². The number of amides is 1. The first-order valence-electron chi connectivity index (χ1n) is 6.45. The zero-order chi connectivity index (χ0) is 14.5. The second-order valence-electron chi connectivity index (χ2n) is 4.71. The van der Waals surface area contributed by atoms with Crippen LogP contribution in [-0.2, 0) is 6.42 Å². The maximum Gasteiger partial charge on any atom is 0.251 e. The summed E-state index contributed by atoms with van der Waals surface area (Å²) in [5.74, 6) is -0.401. The maximum atomic E-state index is 13.0. The van der Waals surface area contributed by atoms with Crippen LogP contribution in [0.3, 0.4) is 0 Å². The predicted octanol–water partition coefficient (Wildman–Crippen LogP) is 2.69. The van der Waals surface area contributed by atoms with E-state index in [1.165, 1.54) is 12.1 Å².